The second kappa shape index (κ2) is 12.4. The number of benzene rings is 3. The van der Waals surface area contributed by atoms with Crippen molar-refractivity contribution < 1.29 is 9.53 Å². The van der Waals surface area contributed by atoms with Crippen LogP contribution < -0.4 is 15.5 Å². The summed E-state index contributed by atoms with van der Waals surface area (Å²) >= 11 is 7.40. The number of carbonyl (C=O) groups excluding carboxylic acids is 1. The number of thioether (sulfide) groups is 1. The highest BCUT2D eigenvalue weighted by atomic mass is 35.5. The van der Waals surface area contributed by atoms with E-state index in [9.17, 15) is 4.79 Å². The van der Waals surface area contributed by atoms with Crippen molar-refractivity contribution in [2.24, 2.45) is 5.10 Å². The number of aromatic nitrogens is 3. The molecule has 0 spiro atoms. The van der Waals surface area contributed by atoms with E-state index in [4.69, 9.17) is 16.3 Å². The van der Waals surface area contributed by atoms with Crippen molar-refractivity contribution in [2.75, 3.05) is 12.4 Å². The van der Waals surface area contributed by atoms with E-state index in [0.717, 1.165) is 22.5 Å². The number of anilines is 1. The number of para-hydroxylation sites is 2. The molecule has 10 heteroatoms. The van der Waals surface area contributed by atoms with E-state index in [0.29, 0.717) is 28.3 Å². The Morgan fingerprint density at radius 2 is 1.89 bits per heavy atom. The van der Waals surface area contributed by atoms with Crippen molar-refractivity contribution >= 4 is 41.2 Å². The minimum absolute atomic E-state index is 0.254. The molecule has 0 radical (unpaired) electrons. The molecule has 0 aliphatic rings. The Bertz CT molecular complexity index is 1390. The number of carbonyl (C=O) groups is 1. The average Bonchev–Trinajstić information content (AvgIpc) is 3.31. The van der Waals surface area contributed by atoms with Gasteiger partial charge in [-0.2, -0.15) is 5.10 Å². The SMILES string of the molecule is COc1ccccc1/C=N\NC(=O)[C@H](C)Sc1nnc(CNc2ccc(Cl)cc2C)n1-c1ccccc1. The number of hydrogen-bond donors (Lipinski definition) is 2. The summed E-state index contributed by atoms with van der Waals surface area (Å²) in [6.07, 6.45) is 1.56. The maximum absolute atomic E-state index is 12.8. The van der Waals surface area contributed by atoms with E-state index in [-0.39, 0.29) is 5.91 Å². The molecule has 0 saturated carbocycles. The van der Waals surface area contributed by atoms with Gasteiger partial charge < -0.3 is 10.1 Å². The van der Waals surface area contributed by atoms with Crippen LogP contribution in [0.3, 0.4) is 0 Å². The molecule has 0 saturated heterocycles. The van der Waals surface area contributed by atoms with Gasteiger partial charge in [0.2, 0.25) is 0 Å². The Morgan fingerprint density at radius 3 is 2.65 bits per heavy atom. The minimum atomic E-state index is -0.471. The van der Waals surface area contributed by atoms with Crippen molar-refractivity contribution in [1.29, 1.82) is 0 Å². The molecule has 1 heterocycles. The number of aryl methyl sites for hydroxylation is 1. The summed E-state index contributed by atoms with van der Waals surface area (Å²) in [7, 11) is 1.59. The molecular weight excluding hydrogens is 508 g/mol. The highest BCUT2D eigenvalue weighted by Gasteiger charge is 2.21. The first-order chi connectivity index (χ1) is 18.0. The number of rotatable bonds is 10. The van der Waals surface area contributed by atoms with Crippen LogP contribution in [0.2, 0.25) is 5.02 Å². The fourth-order valence-electron chi connectivity index (χ4n) is 3.57. The minimum Gasteiger partial charge on any atom is -0.496 e. The van der Waals surface area contributed by atoms with E-state index in [1.54, 1.807) is 20.2 Å². The third-order valence-corrected chi connectivity index (χ3v) is 6.79. The van der Waals surface area contributed by atoms with E-state index >= 15 is 0 Å². The number of nitrogens with zero attached hydrogens (tertiary/aromatic N) is 4. The van der Waals surface area contributed by atoms with Gasteiger partial charge in [-0.25, -0.2) is 5.43 Å². The van der Waals surface area contributed by atoms with E-state index in [1.165, 1.54) is 11.8 Å². The zero-order valence-electron chi connectivity index (χ0n) is 20.7. The van der Waals surface area contributed by atoms with Crippen LogP contribution in [0.5, 0.6) is 5.75 Å². The van der Waals surface area contributed by atoms with Crippen LogP contribution in [0.15, 0.2) is 83.1 Å². The zero-order chi connectivity index (χ0) is 26.2. The summed E-state index contributed by atoms with van der Waals surface area (Å²) < 4.78 is 7.26. The Hall–Kier alpha value is -3.82. The van der Waals surface area contributed by atoms with Gasteiger partial charge in [0.15, 0.2) is 11.0 Å². The summed E-state index contributed by atoms with van der Waals surface area (Å²) in [6.45, 7) is 4.24. The summed E-state index contributed by atoms with van der Waals surface area (Å²) in [4.78, 5) is 12.8. The first-order valence-corrected chi connectivity index (χ1v) is 12.8. The summed E-state index contributed by atoms with van der Waals surface area (Å²) in [5, 5.41) is 17.1. The molecule has 1 atom stereocenters. The van der Waals surface area contributed by atoms with Gasteiger partial charge in [-0.15, -0.1) is 10.2 Å². The Morgan fingerprint density at radius 1 is 1.14 bits per heavy atom. The van der Waals surface area contributed by atoms with E-state index in [1.807, 2.05) is 84.3 Å². The molecule has 0 fully saturated rings. The van der Waals surface area contributed by atoms with Crippen LogP contribution in [0.25, 0.3) is 5.69 Å². The lowest BCUT2D eigenvalue weighted by Crippen LogP contribution is -2.27. The van der Waals surface area contributed by atoms with Gasteiger partial charge in [0.1, 0.15) is 5.75 Å². The van der Waals surface area contributed by atoms with Crippen LogP contribution in [-0.4, -0.2) is 39.2 Å². The molecule has 0 bridgehead atoms. The molecule has 8 nitrogen and oxygen atoms in total. The highest BCUT2D eigenvalue weighted by Crippen LogP contribution is 2.27. The second-order valence-corrected chi connectivity index (χ2v) is 9.86. The zero-order valence-corrected chi connectivity index (χ0v) is 22.3. The standard InChI is InChI=1S/C27H27ClN6O2S/c1-18-15-21(28)13-14-23(18)29-17-25-31-33-27(34(25)22-10-5-4-6-11-22)37-19(2)26(35)32-30-16-20-9-7-8-12-24(20)36-3/h4-16,19,29H,17H2,1-3H3,(H,32,35)/b30-16-/t19-/m0/s1. The topological polar surface area (TPSA) is 93.4 Å². The lowest BCUT2D eigenvalue weighted by Gasteiger charge is -2.14. The van der Waals surface area contributed by atoms with Crippen LogP contribution in [0.1, 0.15) is 23.9 Å². The molecular formula is C27H27ClN6O2S. The van der Waals surface area contributed by atoms with Crippen molar-refractivity contribution in [3.63, 3.8) is 0 Å². The van der Waals surface area contributed by atoms with Gasteiger partial charge in [-0.1, -0.05) is 53.7 Å². The lowest BCUT2D eigenvalue weighted by molar-refractivity contribution is -0.120. The third kappa shape index (κ3) is 6.69. The van der Waals surface area contributed by atoms with E-state index < -0.39 is 5.25 Å². The number of hydrogen-bond acceptors (Lipinski definition) is 7. The fourth-order valence-corrected chi connectivity index (χ4v) is 4.68. The number of ether oxygens (including phenoxy) is 1. The molecule has 0 unspecified atom stereocenters. The smallest absolute Gasteiger partial charge is 0.253 e. The Kier molecular flexibility index (Phi) is 8.81. The Balaban J connectivity index is 1.48. The normalized spacial score (nSPS) is 11.9. The van der Waals surface area contributed by atoms with Crippen LogP contribution in [0.4, 0.5) is 5.69 Å². The first-order valence-electron chi connectivity index (χ1n) is 11.6. The second-order valence-electron chi connectivity index (χ2n) is 8.12. The maximum Gasteiger partial charge on any atom is 0.253 e. The fraction of sp³-hybridized carbons (Fsp3) is 0.185. The van der Waals surface area contributed by atoms with Crippen LogP contribution in [0, 0.1) is 6.92 Å². The summed E-state index contributed by atoms with van der Waals surface area (Å²) in [6, 6.07) is 22.9. The predicted molar refractivity (Wildman–Crippen MR) is 149 cm³/mol. The number of hydrazone groups is 1. The molecule has 37 heavy (non-hydrogen) atoms. The number of amides is 1. The summed E-state index contributed by atoms with van der Waals surface area (Å²) in [5.41, 5.74) is 6.26. The van der Waals surface area contributed by atoms with Crippen molar-refractivity contribution in [3.8, 4) is 11.4 Å². The van der Waals surface area contributed by atoms with Crippen LogP contribution in [-0.2, 0) is 11.3 Å². The van der Waals surface area contributed by atoms with Crippen molar-refractivity contribution in [2.45, 2.75) is 30.8 Å². The number of halogens is 1. The van der Waals surface area contributed by atoms with Gasteiger partial charge >= 0.3 is 0 Å². The number of nitrogens with one attached hydrogen (secondary N) is 2. The van der Waals surface area contributed by atoms with Gasteiger partial charge in [-0.05, 0) is 61.9 Å². The largest absolute Gasteiger partial charge is 0.496 e. The van der Waals surface area contributed by atoms with Gasteiger partial charge in [0.25, 0.3) is 5.91 Å². The molecule has 3 aromatic carbocycles. The van der Waals surface area contributed by atoms with Gasteiger partial charge in [-0.3, -0.25) is 9.36 Å². The van der Waals surface area contributed by atoms with Crippen LogP contribution >= 0.6 is 23.4 Å². The highest BCUT2D eigenvalue weighted by molar-refractivity contribution is 8.00. The van der Waals surface area contributed by atoms with E-state index in [2.05, 4.69) is 26.0 Å². The molecule has 0 aliphatic carbocycles. The first kappa shape index (κ1) is 26.2. The molecule has 0 aliphatic heterocycles. The van der Waals surface area contributed by atoms with Gasteiger partial charge in [0.05, 0.1) is 25.1 Å². The van der Waals surface area contributed by atoms with Gasteiger partial charge in [0, 0.05) is 22.0 Å². The molecule has 1 aromatic heterocycles. The Labute approximate surface area is 225 Å². The quantitative estimate of drug-likeness (QED) is 0.159. The predicted octanol–water partition coefficient (Wildman–Crippen LogP) is 5.48. The molecule has 4 rings (SSSR count). The average molecular weight is 535 g/mol. The monoisotopic (exact) mass is 534 g/mol. The number of methoxy groups -OCH3 is 1. The third-order valence-electron chi connectivity index (χ3n) is 5.51. The molecule has 2 N–H and O–H groups in total. The summed E-state index contributed by atoms with van der Waals surface area (Å²) in [5.74, 6) is 1.13. The lowest BCUT2D eigenvalue weighted by atomic mass is 10.2. The maximum atomic E-state index is 12.8. The van der Waals surface area contributed by atoms with Crippen molar-refractivity contribution in [1.82, 2.24) is 20.2 Å². The molecule has 1 amide bonds. The molecule has 4 aromatic rings. The van der Waals surface area contributed by atoms with Crippen molar-refractivity contribution in [3.05, 3.63) is 94.8 Å². The molecule has 190 valence electrons.